The highest BCUT2D eigenvalue weighted by atomic mass is 16.5. The molecule has 1 rings (SSSR count). The lowest BCUT2D eigenvalue weighted by molar-refractivity contribution is 0.0944. The molecule has 0 aliphatic carbocycles. The van der Waals surface area contributed by atoms with Gasteiger partial charge in [0, 0.05) is 38.1 Å². The highest BCUT2D eigenvalue weighted by Gasteiger charge is 2.06. The first kappa shape index (κ1) is 14.5. The molecular weight excluding hydrogens is 228 g/mol. The molecule has 100 valence electrons. The largest absolute Gasteiger partial charge is 0.388 e. The Kier molecular flexibility index (Phi) is 6.22. The molecule has 4 nitrogen and oxygen atoms in total. The van der Waals surface area contributed by atoms with E-state index in [0.29, 0.717) is 18.7 Å². The summed E-state index contributed by atoms with van der Waals surface area (Å²) in [7, 11) is 1.87. The van der Waals surface area contributed by atoms with Crippen LogP contribution in [0.25, 0.3) is 0 Å². The predicted molar refractivity (Wildman–Crippen MR) is 74.2 cm³/mol. The molecule has 0 aliphatic heterocycles. The van der Waals surface area contributed by atoms with Gasteiger partial charge in [-0.2, -0.15) is 0 Å². The number of carbonyl (C=O) groups excluding carboxylic acids is 1. The SMILES string of the molecule is CCOCCCNC(=O)c1ccc(NC)c(C)c1. The Hall–Kier alpha value is -1.55. The second kappa shape index (κ2) is 7.71. The van der Waals surface area contributed by atoms with E-state index in [-0.39, 0.29) is 5.91 Å². The van der Waals surface area contributed by atoms with Crippen molar-refractivity contribution in [1.82, 2.24) is 5.32 Å². The molecule has 0 aromatic heterocycles. The lowest BCUT2D eigenvalue weighted by Gasteiger charge is -2.09. The average molecular weight is 250 g/mol. The topological polar surface area (TPSA) is 50.4 Å². The minimum Gasteiger partial charge on any atom is -0.388 e. The van der Waals surface area contributed by atoms with Crippen molar-refractivity contribution < 1.29 is 9.53 Å². The molecule has 1 aromatic rings. The molecule has 0 saturated carbocycles. The van der Waals surface area contributed by atoms with E-state index >= 15 is 0 Å². The van der Waals surface area contributed by atoms with Gasteiger partial charge in [0.1, 0.15) is 0 Å². The number of aryl methyl sites for hydroxylation is 1. The maximum Gasteiger partial charge on any atom is 0.251 e. The maximum atomic E-state index is 11.9. The first-order valence-corrected chi connectivity index (χ1v) is 6.33. The molecule has 0 atom stereocenters. The van der Waals surface area contributed by atoms with E-state index in [1.165, 1.54) is 0 Å². The summed E-state index contributed by atoms with van der Waals surface area (Å²) >= 11 is 0. The van der Waals surface area contributed by atoms with Gasteiger partial charge in [0.25, 0.3) is 5.91 Å². The van der Waals surface area contributed by atoms with Crippen LogP contribution >= 0.6 is 0 Å². The van der Waals surface area contributed by atoms with Crippen LogP contribution in [0.3, 0.4) is 0 Å². The number of rotatable bonds is 7. The van der Waals surface area contributed by atoms with Gasteiger partial charge in [0.2, 0.25) is 0 Å². The number of amides is 1. The van der Waals surface area contributed by atoms with Crippen molar-refractivity contribution >= 4 is 11.6 Å². The average Bonchev–Trinajstić information content (AvgIpc) is 2.38. The van der Waals surface area contributed by atoms with Crippen LogP contribution in [-0.2, 0) is 4.74 Å². The molecular formula is C14H22N2O2. The van der Waals surface area contributed by atoms with Crippen molar-refractivity contribution in [2.45, 2.75) is 20.3 Å². The Morgan fingerprint density at radius 2 is 2.17 bits per heavy atom. The highest BCUT2D eigenvalue weighted by Crippen LogP contribution is 2.15. The Labute approximate surface area is 109 Å². The van der Waals surface area contributed by atoms with E-state index in [9.17, 15) is 4.79 Å². The number of anilines is 1. The molecule has 2 N–H and O–H groups in total. The zero-order chi connectivity index (χ0) is 13.4. The first-order chi connectivity index (χ1) is 8.69. The smallest absolute Gasteiger partial charge is 0.251 e. The van der Waals surface area contributed by atoms with Gasteiger partial charge in [0.15, 0.2) is 0 Å². The zero-order valence-electron chi connectivity index (χ0n) is 11.4. The molecule has 0 heterocycles. The van der Waals surface area contributed by atoms with Gasteiger partial charge in [-0.3, -0.25) is 4.79 Å². The summed E-state index contributed by atoms with van der Waals surface area (Å²) in [5, 5.41) is 5.96. The number of carbonyl (C=O) groups is 1. The van der Waals surface area contributed by atoms with Crippen molar-refractivity contribution in [3.05, 3.63) is 29.3 Å². The molecule has 1 amide bonds. The summed E-state index contributed by atoms with van der Waals surface area (Å²) in [5.74, 6) is -0.0303. The number of nitrogens with one attached hydrogen (secondary N) is 2. The van der Waals surface area contributed by atoms with E-state index < -0.39 is 0 Å². The van der Waals surface area contributed by atoms with E-state index in [1.54, 1.807) is 0 Å². The molecule has 0 spiro atoms. The van der Waals surface area contributed by atoms with Crippen molar-refractivity contribution in [3.8, 4) is 0 Å². The molecule has 0 aliphatic rings. The number of hydrogen-bond acceptors (Lipinski definition) is 3. The normalized spacial score (nSPS) is 10.2. The van der Waals surface area contributed by atoms with Crippen LogP contribution in [0.1, 0.15) is 29.3 Å². The van der Waals surface area contributed by atoms with Gasteiger partial charge in [-0.05, 0) is 44.0 Å². The van der Waals surface area contributed by atoms with Crippen molar-refractivity contribution in [1.29, 1.82) is 0 Å². The van der Waals surface area contributed by atoms with Crippen molar-refractivity contribution in [2.75, 3.05) is 32.1 Å². The minimum absolute atomic E-state index is 0.0303. The molecule has 1 aromatic carbocycles. The maximum absolute atomic E-state index is 11.9. The van der Waals surface area contributed by atoms with Gasteiger partial charge in [-0.1, -0.05) is 0 Å². The second-order valence-corrected chi connectivity index (χ2v) is 4.09. The molecule has 0 saturated heterocycles. The van der Waals surface area contributed by atoms with Crippen LogP contribution in [0, 0.1) is 6.92 Å². The Balaban J connectivity index is 2.44. The third-order valence-corrected chi connectivity index (χ3v) is 2.71. The number of hydrogen-bond donors (Lipinski definition) is 2. The van der Waals surface area contributed by atoms with Crippen molar-refractivity contribution in [3.63, 3.8) is 0 Å². The standard InChI is InChI=1S/C14H22N2O2/c1-4-18-9-5-8-16-14(17)12-6-7-13(15-3)11(2)10-12/h6-7,10,15H,4-5,8-9H2,1-3H3,(H,16,17). The molecule has 0 bridgehead atoms. The van der Waals surface area contributed by atoms with Crippen LogP contribution in [0.5, 0.6) is 0 Å². The van der Waals surface area contributed by atoms with Crippen LogP contribution in [0.2, 0.25) is 0 Å². The summed E-state index contributed by atoms with van der Waals surface area (Å²) in [6.07, 6.45) is 0.840. The lowest BCUT2D eigenvalue weighted by Crippen LogP contribution is -2.25. The zero-order valence-corrected chi connectivity index (χ0v) is 11.4. The van der Waals surface area contributed by atoms with Gasteiger partial charge in [0.05, 0.1) is 0 Å². The summed E-state index contributed by atoms with van der Waals surface area (Å²) in [6.45, 7) is 6.00. The fourth-order valence-electron chi connectivity index (χ4n) is 1.71. The quantitative estimate of drug-likeness (QED) is 0.729. The summed E-state index contributed by atoms with van der Waals surface area (Å²) in [4.78, 5) is 11.9. The number of benzene rings is 1. The molecule has 0 fully saturated rings. The third-order valence-electron chi connectivity index (χ3n) is 2.71. The van der Waals surface area contributed by atoms with Gasteiger partial charge in [-0.15, -0.1) is 0 Å². The Morgan fingerprint density at radius 1 is 1.39 bits per heavy atom. The fourth-order valence-corrected chi connectivity index (χ4v) is 1.71. The van der Waals surface area contributed by atoms with E-state index in [4.69, 9.17) is 4.74 Å². The third kappa shape index (κ3) is 4.37. The van der Waals surface area contributed by atoms with Crippen LogP contribution in [0.4, 0.5) is 5.69 Å². The van der Waals surface area contributed by atoms with Gasteiger partial charge in [-0.25, -0.2) is 0 Å². The summed E-state index contributed by atoms with van der Waals surface area (Å²) < 4.78 is 5.21. The van der Waals surface area contributed by atoms with Crippen LogP contribution < -0.4 is 10.6 Å². The van der Waals surface area contributed by atoms with E-state index in [0.717, 1.165) is 24.3 Å². The number of ether oxygens (including phenoxy) is 1. The predicted octanol–water partition coefficient (Wildman–Crippen LogP) is 2.19. The molecule has 18 heavy (non-hydrogen) atoms. The Bertz CT molecular complexity index is 391. The molecule has 0 radical (unpaired) electrons. The second-order valence-electron chi connectivity index (χ2n) is 4.09. The lowest BCUT2D eigenvalue weighted by atomic mass is 10.1. The summed E-state index contributed by atoms with van der Waals surface area (Å²) in [5.41, 5.74) is 2.81. The summed E-state index contributed by atoms with van der Waals surface area (Å²) in [6, 6.07) is 5.64. The van der Waals surface area contributed by atoms with Gasteiger partial charge >= 0.3 is 0 Å². The van der Waals surface area contributed by atoms with Crippen molar-refractivity contribution in [2.24, 2.45) is 0 Å². The highest BCUT2D eigenvalue weighted by molar-refractivity contribution is 5.94. The fraction of sp³-hybridized carbons (Fsp3) is 0.500. The molecule has 0 unspecified atom stereocenters. The van der Waals surface area contributed by atoms with E-state index in [1.807, 2.05) is 39.1 Å². The van der Waals surface area contributed by atoms with Crippen LogP contribution in [-0.4, -0.2) is 32.7 Å². The molecule has 4 heteroatoms. The van der Waals surface area contributed by atoms with Crippen LogP contribution in [0.15, 0.2) is 18.2 Å². The Morgan fingerprint density at radius 3 is 2.78 bits per heavy atom. The minimum atomic E-state index is -0.0303. The monoisotopic (exact) mass is 250 g/mol. The first-order valence-electron chi connectivity index (χ1n) is 6.33. The van der Waals surface area contributed by atoms with Gasteiger partial charge < -0.3 is 15.4 Å². The van der Waals surface area contributed by atoms with E-state index in [2.05, 4.69) is 10.6 Å².